The van der Waals surface area contributed by atoms with Crippen molar-refractivity contribution in [3.05, 3.63) is 51.8 Å². The van der Waals surface area contributed by atoms with Crippen molar-refractivity contribution in [2.45, 2.75) is 12.8 Å². The molecule has 0 radical (unpaired) electrons. The molecular weight excluding hydrogens is 358 g/mol. The van der Waals surface area contributed by atoms with Crippen LogP contribution in [-0.2, 0) is 0 Å². The van der Waals surface area contributed by atoms with E-state index in [4.69, 9.17) is 11.3 Å². The van der Waals surface area contributed by atoms with Crippen molar-refractivity contribution in [3.8, 4) is 11.6 Å². The van der Waals surface area contributed by atoms with Crippen molar-refractivity contribution >= 4 is 33.7 Å². The quantitative estimate of drug-likeness (QED) is 0.581. The van der Waals surface area contributed by atoms with Crippen LogP contribution < -0.4 is 9.64 Å². The van der Waals surface area contributed by atoms with Crippen LogP contribution in [0.4, 0.5) is 11.5 Å². The van der Waals surface area contributed by atoms with E-state index in [9.17, 15) is 4.79 Å². The van der Waals surface area contributed by atoms with E-state index in [0.717, 1.165) is 32.2 Å². The van der Waals surface area contributed by atoms with Crippen molar-refractivity contribution in [2.75, 3.05) is 18.0 Å². The number of hydrogen-bond acceptors (Lipinski definition) is 4. The normalized spacial score (nSPS) is 13.7. The van der Waals surface area contributed by atoms with Crippen molar-refractivity contribution in [3.63, 3.8) is 0 Å². The van der Waals surface area contributed by atoms with Gasteiger partial charge in [-0.3, -0.25) is 4.79 Å². The molecule has 1 aromatic carbocycles. The van der Waals surface area contributed by atoms with Crippen molar-refractivity contribution in [1.82, 2.24) is 4.98 Å². The smallest absolute Gasteiger partial charge is 0.228 e. The molecule has 0 atom stereocenters. The second-order valence-electron chi connectivity index (χ2n) is 5.20. The summed E-state index contributed by atoms with van der Waals surface area (Å²) in [6.07, 6.45) is 2.99. The summed E-state index contributed by atoms with van der Waals surface area (Å²) in [5.74, 6) is 1.62. The molecule has 2 heterocycles. The predicted octanol–water partition coefficient (Wildman–Crippen LogP) is 4.60. The summed E-state index contributed by atoms with van der Waals surface area (Å²) in [7, 11) is 0. The van der Waals surface area contributed by atoms with Gasteiger partial charge in [-0.2, -0.15) is 0 Å². The number of rotatable bonds is 4. The number of carbonyl (C=O) groups is 1. The maximum atomic E-state index is 11.0. The molecule has 1 aliphatic heterocycles. The molecule has 116 valence electrons. The molecule has 0 amide bonds. The average molecular weight is 372 g/mol. The van der Waals surface area contributed by atoms with E-state index in [1.165, 1.54) is 0 Å². The summed E-state index contributed by atoms with van der Waals surface area (Å²) in [6.45, 7) is 9.11. The van der Waals surface area contributed by atoms with E-state index in [1.807, 2.05) is 0 Å². The molecule has 0 spiro atoms. The van der Waals surface area contributed by atoms with Crippen LogP contribution in [0, 0.1) is 6.57 Å². The Hall–Kier alpha value is -2.39. The van der Waals surface area contributed by atoms with Crippen LogP contribution in [0.1, 0.15) is 23.2 Å². The van der Waals surface area contributed by atoms with Crippen LogP contribution in [0.5, 0.6) is 11.6 Å². The molecule has 0 saturated carbocycles. The Bertz CT molecular complexity index is 780. The van der Waals surface area contributed by atoms with Crippen molar-refractivity contribution < 1.29 is 9.53 Å². The second kappa shape index (κ2) is 6.80. The number of benzene rings is 1. The first-order valence-electron chi connectivity index (χ1n) is 7.27. The minimum atomic E-state index is 0.415. The minimum Gasteiger partial charge on any atom is -0.439 e. The lowest BCUT2D eigenvalue weighted by Crippen LogP contribution is -2.19. The molecule has 5 nitrogen and oxygen atoms in total. The molecule has 0 N–H and O–H groups in total. The van der Waals surface area contributed by atoms with Gasteiger partial charge in [0.15, 0.2) is 6.29 Å². The van der Waals surface area contributed by atoms with E-state index >= 15 is 0 Å². The zero-order valence-corrected chi connectivity index (χ0v) is 13.9. The van der Waals surface area contributed by atoms with Gasteiger partial charge in [0.05, 0.1) is 6.57 Å². The fraction of sp³-hybridized carbons (Fsp3) is 0.235. The highest BCUT2D eigenvalue weighted by Gasteiger charge is 2.18. The Labute approximate surface area is 142 Å². The molecule has 0 aliphatic carbocycles. The maximum absolute atomic E-state index is 11.0. The highest BCUT2D eigenvalue weighted by atomic mass is 79.9. The molecule has 2 aromatic rings. The summed E-state index contributed by atoms with van der Waals surface area (Å²) < 4.78 is 6.47. The second-order valence-corrected chi connectivity index (χ2v) is 6.06. The van der Waals surface area contributed by atoms with Crippen LogP contribution in [-0.4, -0.2) is 24.4 Å². The minimum absolute atomic E-state index is 0.415. The molecule has 0 unspecified atom stereocenters. The van der Waals surface area contributed by atoms with Gasteiger partial charge in [-0.1, -0.05) is 15.9 Å². The molecule has 1 aliphatic rings. The molecule has 1 aromatic heterocycles. The molecule has 1 fully saturated rings. The van der Waals surface area contributed by atoms with E-state index in [2.05, 4.69) is 30.7 Å². The topological polar surface area (TPSA) is 46.8 Å². The number of aromatic nitrogens is 1. The van der Waals surface area contributed by atoms with E-state index in [1.54, 1.807) is 30.3 Å². The SMILES string of the molecule is [C-]#[N+]c1ccc(Oc2ccc(Br)c(C=O)c2)nc1N1CCCC1. The number of carbonyl (C=O) groups excluding carboxylic acids is 1. The Morgan fingerprint density at radius 1 is 1.26 bits per heavy atom. The first kappa shape index (κ1) is 15.5. The average Bonchev–Trinajstić information content (AvgIpc) is 3.11. The predicted molar refractivity (Wildman–Crippen MR) is 91.5 cm³/mol. The Morgan fingerprint density at radius 3 is 2.74 bits per heavy atom. The zero-order valence-electron chi connectivity index (χ0n) is 12.3. The first-order valence-corrected chi connectivity index (χ1v) is 8.06. The summed E-state index contributed by atoms with van der Waals surface area (Å²) in [5.41, 5.74) is 1.05. The molecule has 0 bridgehead atoms. The van der Waals surface area contributed by atoms with Gasteiger partial charge in [-0.05, 0) is 43.2 Å². The third-order valence-electron chi connectivity index (χ3n) is 3.67. The van der Waals surface area contributed by atoms with Crippen molar-refractivity contribution in [2.24, 2.45) is 0 Å². The number of halogens is 1. The van der Waals surface area contributed by atoms with Gasteiger partial charge >= 0.3 is 0 Å². The molecule has 3 rings (SSSR count). The zero-order chi connectivity index (χ0) is 16.2. The van der Waals surface area contributed by atoms with Crippen LogP contribution >= 0.6 is 15.9 Å². The fourth-order valence-corrected chi connectivity index (χ4v) is 2.87. The molecular formula is C17H14BrN3O2. The fourth-order valence-electron chi connectivity index (χ4n) is 2.53. The number of ether oxygens (including phenoxy) is 1. The van der Waals surface area contributed by atoms with Gasteiger partial charge in [0.2, 0.25) is 11.6 Å². The Morgan fingerprint density at radius 2 is 2.04 bits per heavy atom. The van der Waals surface area contributed by atoms with Crippen LogP contribution in [0.15, 0.2) is 34.8 Å². The number of hydrogen-bond donors (Lipinski definition) is 0. The summed E-state index contributed by atoms with van der Waals surface area (Å²) in [5, 5.41) is 0. The monoisotopic (exact) mass is 371 g/mol. The van der Waals surface area contributed by atoms with Crippen LogP contribution in [0.3, 0.4) is 0 Å². The first-order chi connectivity index (χ1) is 11.2. The van der Waals surface area contributed by atoms with Crippen LogP contribution in [0.2, 0.25) is 0 Å². The number of aldehydes is 1. The van der Waals surface area contributed by atoms with Gasteiger partial charge in [0.1, 0.15) is 11.6 Å². The standard InChI is InChI=1S/C17H14BrN3O2/c1-19-15-6-7-16(20-17(15)21-8-2-3-9-21)23-13-4-5-14(18)12(10-13)11-22/h4-7,10-11H,2-3,8-9H2. The lowest BCUT2D eigenvalue weighted by Gasteiger charge is -2.18. The molecule has 23 heavy (non-hydrogen) atoms. The lowest BCUT2D eigenvalue weighted by atomic mass is 10.2. The summed E-state index contributed by atoms with van der Waals surface area (Å²) in [6, 6.07) is 8.57. The number of nitrogens with zero attached hydrogens (tertiary/aromatic N) is 3. The van der Waals surface area contributed by atoms with E-state index in [-0.39, 0.29) is 0 Å². The third-order valence-corrected chi connectivity index (χ3v) is 4.39. The van der Waals surface area contributed by atoms with E-state index < -0.39 is 0 Å². The van der Waals surface area contributed by atoms with Gasteiger partial charge in [0.25, 0.3) is 0 Å². The van der Waals surface area contributed by atoms with Gasteiger partial charge < -0.3 is 9.64 Å². The van der Waals surface area contributed by atoms with Gasteiger partial charge in [-0.15, -0.1) is 0 Å². The summed E-state index contributed by atoms with van der Waals surface area (Å²) in [4.78, 5) is 21.1. The van der Waals surface area contributed by atoms with Crippen LogP contribution in [0.25, 0.3) is 4.85 Å². The Kier molecular flexibility index (Phi) is 4.58. The highest BCUT2D eigenvalue weighted by Crippen LogP contribution is 2.33. The largest absolute Gasteiger partial charge is 0.439 e. The summed E-state index contributed by atoms with van der Waals surface area (Å²) >= 11 is 3.31. The van der Waals surface area contributed by atoms with Gasteiger partial charge in [-0.25, -0.2) is 9.83 Å². The van der Waals surface area contributed by atoms with E-state index in [0.29, 0.717) is 33.2 Å². The maximum Gasteiger partial charge on any atom is 0.228 e. The number of pyridine rings is 1. The molecule has 1 saturated heterocycles. The lowest BCUT2D eigenvalue weighted by molar-refractivity contribution is 0.112. The van der Waals surface area contributed by atoms with Crippen molar-refractivity contribution in [1.29, 1.82) is 0 Å². The Balaban J connectivity index is 1.90. The third kappa shape index (κ3) is 3.35. The number of anilines is 1. The highest BCUT2D eigenvalue weighted by molar-refractivity contribution is 9.10. The van der Waals surface area contributed by atoms with Gasteiger partial charge in [0, 0.05) is 23.1 Å². The molecule has 6 heteroatoms.